The van der Waals surface area contributed by atoms with Gasteiger partial charge < -0.3 is 4.98 Å². The Labute approximate surface area is 106 Å². The van der Waals surface area contributed by atoms with Crippen LogP contribution in [0.2, 0.25) is 0 Å². The summed E-state index contributed by atoms with van der Waals surface area (Å²) >= 11 is 0. The topological polar surface area (TPSA) is 74.8 Å². The number of hydrogen-bond donors (Lipinski definition) is 2. The van der Waals surface area contributed by atoms with E-state index in [-0.39, 0.29) is 11.1 Å². The Morgan fingerprint density at radius 1 is 1.33 bits per heavy atom. The van der Waals surface area contributed by atoms with Crippen molar-refractivity contribution in [1.82, 2.24) is 14.7 Å². The number of hydrogen-bond acceptors (Lipinski definition) is 3. The molecule has 0 fully saturated rings. The van der Waals surface area contributed by atoms with Gasteiger partial charge in [0, 0.05) is 6.04 Å². The maximum Gasteiger partial charge on any atom is 0.257 e. The van der Waals surface area contributed by atoms with E-state index in [1.165, 1.54) is 12.5 Å². The lowest BCUT2D eigenvalue weighted by atomic mass is 10.1. The molecule has 1 aromatic heterocycles. The van der Waals surface area contributed by atoms with Gasteiger partial charge in [0.05, 0.1) is 12.5 Å². The predicted octanol–water partition coefficient (Wildman–Crippen LogP) is 1.32. The minimum atomic E-state index is -3.50. The quantitative estimate of drug-likeness (QED) is 0.856. The van der Waals surface area contributed by atoms with Gasteiger partial charge in [-0.1, -0.05) is 30.3 Å². The Hall–Kier alpha value is -1.66. The minimum Gasteiger partial charge on any atom is -0.335 e. The van der Waals surface area contributed by atoms with Crippen LogP contribution in [-0.4, -0.2) is 24.4 Å². The summed E-state index contributed by atoms with van der Waals surface area (Å²) < 4.78 is 26.4. The fraction of sp³-hybridized carbons (Fsp3) is 0.250. The minimum absolute atomic E-state index is 0.0856. The summed E-state index contributed by atoms with van der Waals surface area (Å²) in [5.41, 5.74) is 1.09. The highest BCUT2D eigenvalue weighted by Crippen LogP contribution is 2.07. The molecule has 0 amide bonds. The van der Waals surface area contributed by atoms with Crippen molar-refractivity contribution >= 4 is 10.0 Å². The zero-order chi connectivity index (χ0) is 13.0. The smallest absolute Gasteiger partial charge is 0.257 e. The van der Waals surface area contributed by atoms with E-state index in [9.17, 15) is 8.42 Å². The number of aromatic amines is 1. The van der Waals surface area contributed by atoms with Gasteiger partial charge in [-0.3, -0.25) is 0 Å². The molecule has 0 radical (unpaired) electrons. The Balaban J connectivity index is 2.02. The molecule has 0 saturated heterocycles. The number of imidazole rings is 1. The van der Waals surface area contributed by atoms with Crippen molar-refractivity contribution < 1.29 is 8.42 Å². The van der Waals surface area contributed by atoms with E-state index in [2.05, 4.69) is 14.7 Å². The summed E-state index contributed by atoms with van der Waals surface area (Å²) in [6.07, 6.45) is 3.28. The average Bonchev–Trinajstić information content (AvgIpc) is 2.83. The van der Waals surface area contributed by atoms with Crippen LogP contribution >= 0.6 is 0 Å². The summed E-state index contributed by atoms with van der Waals surface area (Å²) in [4.78, 5) is 6.29. The predicted molar refractivity (Wildman–Crippen MR) is 68.5 cm³/mol. The van der Waals surface area contributed by atoms with Gasteiger partial charge in [0.1, 0.15) is 0 Å². The van der Waals surface area contributed by atoms with E-state index in [4.69, 9.17) is 0 Å². The number of sulfonamides is 1. The lowest BCUT2D eigenvalue weighted by Crippen LogP contribution is -2.34. The van der Waals surface area contributed by atoms with Gasteiger partial charge in [0.15, 0.2) is 5.03 Å². The van der Waals surface area contributed by atoms with Crippen LogP contribution in [-0.2, 0) is 16.4 Å². The first-order valence-corrected chi connectivity index (χ1v) is 7.11. The Bertz CT molecular complexity index is 579. The molecule has 6 heteroatoms. The van der Waals surface area contributed by atoms with Crippen LogP contribution in [0, 0.1) is 0 Å². The zero-order valence-corrected chi connectivity index (χ0v) is 10.8. The first kappa shape index (κ1) is 12.8. The van der Waals surface area contributed by atoms with Crippen LogP contribution < -0.4 is 4.72 Å². The molecular weight excluding hydrogens is 250 g/mol. The molecular formula is C12H15N3O2S. The van der Waals surface area contributed by atoms with Crippen LogP contribution in [0.3, 0.4) is 0 Å². The number of aromatic nitrogens is 2. The maximum absolute atomic E-state index is 11.9. The van der Waals surface area contributed by atoms with Crippen molar-refractivity contribution in [2.45, 2.75) is 24.4 Å². The zero-order valence-electron chi connectivity index (χ0n) is 10.00. The van der Waals surface area contributed by atoms with E-state index in [1.54, 1.807) is 0 Å². The van der Waals surface area contributed by atoms with Gasteiger partial charge in [-0.2, -0.15) is 0 Å². The van der Waals surface area contributed by atoms with E-state index in [0.717, 1.165) is 5.56 Å². The second-order valence-electron chi connectivity index (χ2n) is 4.13. The second kappa shape index (κ2) is 5.32. The summed E-state index contributed by atoms with van der Waals surface area (Å²) in [6, 6.07) is 9.57. The molecule has 1 unspecified atom stereocenters. The number of nitrogens with one attached hydrogen (secondary N) is 2. The fourth-order valence-electron chi connectivity index (χ4n) is 1.73. The third kappa shape index (κ3) is 3.18. The van der Waals surface area contributed by atoms with Gasteiger partial charge >= 0.3 is 0 Å². The number of benzene rings is 1. The highest BCUT2D eigenvalue weighted by atomic mass is 32.2. The molecule has 0 aliphatic carbocycles. The monoisotopic (exact) mass is 265 g/mol. The van der Waals surface area contributed by atoms with Gasteiger partial charge in [-0.25, -0.2) is 18.1 Å². The highest BCUT2D eigenvalue weighted by molar-refractivity contribution is 7.89. The molecule has 2 N–H and O–H groups in total. The summed E-state index contributed by atoms with van der Waals surface area (Å²) in [7, 11) is -3.50. The van der Waals surface area contributed by atoms with Crippen LogP contribution in [0.5, 0.6) is 0 Å². The third-order valence-electron chi connectivity index (χ3n) is 2.50. The van der Waals surface area contributed by atoms with Crippen molar-refractivity contribution in [1.29, 1.82) is 0 Å². The van der Waals surface area contributed by atoms with Crippen molar-refractivity contribution in [3.63, 3.8) is 0 Å². The molecule has 0 aliphatic heterocycles. The molecule has 0 saturated carbocycles. The molecule has 1 aromatic carbocycles. The average molecular weight is 265 g/mol. The Morgan fingerprint density at radius 3 is 2.67 bits per heavy atom. The van der Waals surface area contributed by atoms with E-state index < -0.39 is 10.0 Å². The Morgan fingerprint density at radius 2 is 2.06 bits per heavy atom. The summed E-state index contributed by atoms with van der Waals surface area (Å²) in [5, 5.41) is 0.0856. The molecule has 5 nitrogen and oxygen atoms in total. The number of H-pyrrole nitrogens is 1. The third-order valence-corrected chi connectivity index (χ3v) is 4.02. The van der Waals surface area contributed by atoms with Gasteiger partial charge in [-0.15, -0.1) is 0 Å². The van der Waals surface area contributed by atoms with Gasteiger partial charge in [0.25, 0.3) is 10.0 Å². The van der Waals surface area contributed by atoms with Crippen molar-refractivity contribution in [2.75, 3.05) is 0 Å². The summed E-state index contributed by atoms with van der Waals surface area (Å²) in [6.45, 7) is 1.83. The van der Waals surface area contributed by atoms with Crippen molar-refractivity contribution in [3.8, 4) is 0 Å². The van der Waals surface area contributed by atoms with Crippen LogP contribution in [0.25, 0.3) is 0 Å². The molecule has 2 rings (SSSR count). The molecule has 0 spiro atoms. The molecule has 96 valence electrons. The molecule has 2 aromatic rings. The normalized spacial score (nSPS) is 13.4. The van der Waals surface area contributed by atoms with Gasteiger partial charge in [-0.05, 0) is 18.9 Å². The fourth-order valence-corrected chi connectivity index (χ4v) is 2.88. The van der Waals surface area contributed by atoms with Crippen LogP contribution in [0.4, 0.5) is 0 Å². The number of nitrogens with zero attached hydrogens (tertiary/aromatic N) is 1. The van der Waals surface area contributed by atoms with E-state index in [0.29, 0.717) is 6.42 Å². The highest BCUT2D eigenvalue weighted by Gasteiger charge is 2.18. The molecule has 18 heavy (non-hydrogen) atoms. The largest absolute Gasteiger partial charge is 0.335 e. The first-order valence-electron chi connectivity index (χ1n) is 5.62. The van der Waals surface area contributed by atoms with Gasteiger partial charge in [0.2, 0.25) is 0 Å². The van der Waals surface area contributed by atoms with Crippen molar-refractivity contribution in [2.24, 2.45) is 0 Å². The van der Waals surface area contributed by atoms with Crippen LogP contribution in [0.15, 0.2) is 47.9 Å². The number of rotatable bonds is 5. The molecule has 1 atom stereocenters. The standard InChI is InChI=1S/C12H15N3O2S/c1-10(7-11-5-3-2-4-6-11)15-18(16,17)12-8-13-9-14-12/h2-6,8-10,15H,7H2,1H3,(H,13,14). The first-order chi connectivity index (χ1) is 8.58. The summed E-state index contributed by atoms with van der Waals surface area (Å²) in [5.74, 6) is 0. The molecule has 1 heterocycles. The SMILES string of the molecule is CC(Cc1ccccc1)NS(=O)(=O)c1cnc[nH]1. The molecule has 0 bridgehead atoms. The van der Waals surface area contributed by atoms with Crippen molar-refractivity contribution in [3.05, 3.63) is 48.4 Å². The molecule has 0 aliphatic rings. The lowest BCUT2D eigenvalue weighted by Gasteiger charge is -2.13. The van der Waals surface area contributed by atoms with E-state index >= 15 is 0 Å². The second-order valence-corrected chi connectivity index (χ2v) is 5.81. The van der Waals surface area contributed by atoms with E-state index in [1.807, 2.05) is 37.3 Å². The van der Waals surface area contributed by atoms with Crippen LogP contribution in [0.1, 0.15) is 12.5 Å². The maximum atomic E-state index is 11.9. The lowest BCUT2D eigenvalue weighted by molar-refractivity contribution is 0.557. The Kier molecular flexibility index (Phi) is 3.78.